The molecule has 0 amide bonds. The van der Waals surface area contributed by atoms with E-state index in [1.165, 1.54) is 12.1 Å². The Kier molecular flexibility index (Phi) is 3.73. The molecule has 1 aromatic rings. The first-order valence-electron chi connectivity index (χ1n) is 5.25. The fourth-order valence-electron chi connectivity index (χ4n) is 1.81. The molecule has 1 aliphatic rings. The molecule has 7 heteroatoms. The van der Waals surface area contributed by atoms with Crippen molar-refractivity contribution in [3.63, 3.8) is 0 Å². The number of nitrogens with zero attached hydrogens (tertiary/aromatic N) is 3. The van der Waals surface area contributed by atoms with Crippen LogP contribution in [0.4, 0.5) is 11.5 Å². The van der Waals surface area contributed by atoms with Crippen molar-refractivity contribution in [2.24, 2.45) is 0 Å². The van der Waals surface area contributed by atoms with E-state index in [0.29, 0.717) is 5.82 Å². The van der Waals surface area contributed by atoms with E-state index in [9.17, 15) is 10.1 Å². The summed E-state index contributed by atoms with van der Waals surface area (Å²) in [6.07, 6.45) is 0. The number of thioether (sulfide) groups is 1. The number of anilines is 1. The van der Waals surface area contributed by atoms with Crippen LogP contribution < -0.4 is 4.90 Å². The molecule has 0 saturated carbocycles. The molecule has 1 atom stereocenters. The third kappa shape index (κ3) is 2.63. The molecule has 1 aromatic heterocycles. The average Bonchev–Trinajstić information content (AvgIpc) is 2.29. The van der Waals surface area contributed by atoms with Gasteiger partial charge in [-0.15, -0.1) is 0 Å². The van der Waals surface area contributed by atoms with Crippen LogP contribution in [0.5, 0.6) is 0 Å². The summed E-state index contributed by atoms with van der Waals surface area (Å²) in [6.45, 7) is 2.80. The molecule has 0 N–H and O–H groups in total. The van der Waals surface area contributed by atoms with E-state index in [1.54, 1.807) is 0 Å². The van der Waals surface area contributed by atoms with Gasteiger partial charge in [0.05, 0.1) is 4.92 Å². The Morgan fingerprint density at radius 3 is 3.06 bits per heavy atom. The predicted molar refractivity (Wildman–Crippen MR) is 70.0 cm³/mol. The Morgan fingerprint density at radius 1 is 1.65 bits per heavy atom. The SMILES string of the molecule is CC1CSCCN1c1nc(Cl)ccc1[N+](=O)[O-]. The third-order valence-electron chi connectivity index (χ3n) is 2.66. The van der Waals surface area contributed by atoms with E-state index in [4.69, 9.17) is 11.6 Å². The highest BCUT2D eigenvalue weighted by molar-refractivity contribution is 7.99. The van der Waals surface area contributed by atoms with E-state index >= 15 is 0 Å². The Labute approximate surface area is 108 Å². The van der Waals surface area contributed by atoms with Gasteiger partial charge in [0.25, 0.3) is 0 Å². The smallest absolute Gasteiger partial charge is 0.311 e. The highest BCUT2D eigenvalue weighted by Crippen LogP contribution is 2.31. The molecular formula is C10H12ClN3O2S. The lowest BCUT2D eigenvalue weighted by atomic mass is 10.2. The lowest BCUT2D eigenvalue weighted by molar-refractivity contribution is -0.384. The Morgan fingerprint density at radius 2 is 2.41 bits per heavy atom. The summed E-state index contributed by atoms with van der Waals surface area (Å²) in [5, 5.41) is 11.3. The number of pyridine rings is 1. The maximum atomic E-state index is 11.0. The van der Waals surface area contributed by atoms with E-state index in [0.717, 1.165) is 18.1 Å². The van der Waals surface area contributed by atoms with Crippen LogP contribution in [0.2, 0.25) is 5.15 Å². The minimum atomic E-state index is -0.410. The molecule has 2 rings (SSSR count). The van der Waals surface area contributed by atoms with E-state index in [1.807, 2.05) is 23.6 Å². The molecule has 2 heterocycles. The van der Waals surface area contributed by atoms with Crippen LogP contribution in [0.15, 0.2) is 12.1 Å². The summed E-state index contributed by atoms with van der Waals surface area (Å²) in [6, 6.07) is 3.10. The second-order valence-corrected chi connectivity index (χ2v) is 5.39. The summed E-state index contributed by atoms with van der Waals surface area (Å²) in [4.78, 5) is 16.6. The summed E-state index contributed by atoms with van der Waals surface area (Å²) in [7, 11) is 0. The van der Waals surface area contributed by atoms with Gasteiger partial charge in [-0.2, -0.15) is 11.8 Å². The van der Waals surface area contributed by atoms with Gasteiger partial charge in [-0.1, -0.05) is 11.6 Å². The van der Waals surface area contributed by atoms with Gasteiger partial charge in [0, 0.05) is 30.2 Å². The van der Waals surface area contributed by atoms with Crippen molar-refractivity contribution in [3.8, 4) is 0 Å². The van der Waals surface area contributed by atoms with Crippen LogP contribution in [0.3, 0.4) is 0 Å². The quantitative estimate of drug-likeness (QED) is 0.471. The van der Waals surface area contributed by atoms with Gasteiger partial charge >= 0.3 is 5.69 Å². The standard InChI is InChI=1S/C10H12ClN3O2S/c1-7-6-17-5-4-13(7)10-8(14(15)16)2-3-9(11)12-10/h2-3,7H,4-6H2,1H3. The fraction of sp³-hybridized carbons (Fsp3) is 0.500. The lowest BCUT2D eigenvalue weighted by Gasteiger charge is -2.33. The molecule has 1 saturated heterocycles. The minimum absolute atomic E-state index is 0.0214. The van der Waals surface area contributed by atoms with Crippen LogP contribution in [0.25, 0.3) is 0 Å². The second kappa shape index (κ2) is 5.10. The third-order valence-corrected chi connectivity index (χ3v) is 4.06. The Balaban J connectivity index is 2.41. The molecule has 1 unspecified atom stereocenters. The fourth-order valence-corrected chi connectivity index (χ4v) is 2.97. The summed E-state index contributed by atoms with van der Waals surface area (Å²) < 4.78 is 0. The van der Waals surface area contributed by atoms with Crippen molar-refractivity contribution < 1.29 is 4.92 Å². The van der Waals surface area contributed by atoms with Crippen molar-refractivity contribution in [2.45, 2.75) is 13.0 Å². The topological polar surface area (TPSA) is 59.3 Å². The van der Waals surface area contributed by atoms with Crippen LogP contribution in [-0.2, 0) is 0 Å². The molecule has 0 radical (unpaired) electrons. The van der Waals surface area contributed by atoms with Crippen LogP contribution in [-0.4, -0.2) is 34.0 Å². The zero-order valence-corrected chi connectivity index (χ0v) is 10.9. The van der Waals surface area contributed by atoms with E-state index < -0.39 is 4.92 Å². The van der Waals surface area contributed by atoms with Gasteiger partial charge in [0.15, 0.2) is 0 Å². The van der Waals surface area contributed by atoms with Crippen molar-refractivity contribution in [1.82, 2.24) is 4.98 Å². The number of aromatic nitrogens is 1. The number of hydrogen-bond donors (Lipinski definition) is 0. The first-order chi connectivity index (χ1) is 8.09. The monoisotopic (exact) mass is 273 g/mol. The summed E-state index contributed by atoms with van der Waals surface area (Å²) in [5.74, 6) is 2.29. The van der Waals surface area contributed by atoms with E-state index in [-0.39, 0.29) is 16.9 Å². The lowest BCUT2D eigenvalue weighted by Crippen LogP contribution is -2.41. The molecule has 1 aliphatic heterocycles. The zero-order valence-electron chi connectivity index (χ0n) is 9.30. The zero-order chi connectivity index (χ0) is 12.4. The van der Waals surface area contributed by atoms with Gasteiger partial charge in [0.1, 0.15) is 5.15 Å². The van der Waals surface area contributed by atoms with Gasteiger partial charge in [-0.05, 0) is 13.0 Å². The maximum Gasteiger partial charge on any atom is 0.311 e. The first-order valence-corrected chi connectivity index (χ1v) is 6.78. The number of halogens is 1. The van der Waals surface area contributed by atoms with Crippen molar-refractivity contribution >= 4 is 34.9 Å². The summed E-state index contributed by atoms with van der Waals surface area (Å²) >= 11 is 7.67. The normalized spacial score (nSPS) is 20.4. The maximum absolute atomic E-state index is 11.0. The molecule has 0 aromatic carbocycles. The highest BCUT2D eigenvalue weighted by Gasteiger charge is 2.27. The highest BCUT2D eigenvalue weighted by atomic mass is 35.5. The molecule has 1 fully saturated rings. The van der Waals surface area contributed by atoms with Gasteiger partial charge in [-0.25, -0.2) is 4.98 Å². The van der Waals surface area contributed by atoms with Crippen molar-refractivity contribution in [2.75, 3.05) is 23.0 Å². The van der Waals surface area contributed by atoms with E-state index in [2.05, 4.69) is 4.98 Å². The Bertz CT molecular complexity index is 444. The van der Waals surface area contributed by atoms with Gasteiger partial charge < -0.3 is 4.90 Å². The van der Waals surface area contributed by atoms with Crippen LogP contribution >= 0.6 is 23.4 Å². The Hall–Kier alpha value is -1.01. The average molecular weight is 274 g/mol. The predicted octanol–water partition coefficient (Wildman–Crippen LogP) is 2.58. The molecule has 5 nitrogen and oxygen atoms in total. The van der Waals surface area contributed by atoms with Crippen molar-refractivity contribution in [3.05, 3.63) is 27.4 Å². The minimum Gasteiger partial charge on any atom is -0.346 e. The molecule has 92 valence electrons. The molecule has 0 spiro atoms. The molecule has 0 aliphatic carbocycles. The first kappa shape index (κ1) is 12.4. The second-order valence-electron chi connectivity index (χ2n) is 3.85. The van der Waals surface area contributed by atoms with Gasteiger partial charge in [0.2, 0.25) is 5.82 Å². The number of rotatable bonds is 2. The largest absolute Gasteiger partial charge is 0.346 e. The molecule has 17 heavy (non-hydrogen) atoms. The van der Waals surface area contributed by atoms with Crippen LogP contribution in [0, 0.1) is 10.1 Å². The summed E-state index contributed by atoms with van der Waals surface area (Å²) in [5.41, 5.74) is 0.0214. The van der Waals surface area contributed by atoms with Crippen LogP contribution in [0.1, 0.15) is 6.92 Å². The van der Waals surface area contributed by atoms with Gasteiger partial charge in [-0.3, -0.25) is 10.1 Å². The number of nitro groups is 1. The number of hydrogen-bond acceptors (Lipinski definition) is 5. The molecular weight excluding hydrogens is 262 g/mol. The van der Waals surface area contributed by atoms with Crippen molar-refractivity contribution in [1.29, 1.82) is 0 Å². The molecule has 0 bridgehead atoms.